The first-order valence-electron chi connectivity index (χ1n) is 9.14. The average molecular weight is 375 g/mol. The molecule has 0 aliphatic carbocycles. The van der Waals surface area contributed by atoms with E-state index in [-0.39, 0.29) is 18.6 Å². The molecule has 4 rings (SSSR count). The molecule has 0 aliphatic heterocycles. The summed E-state index contributed by atoms with van der Waals surface area (Å²) in [6.07, 6.45) is 5.34. The van der Waals surface area contributed by atoms with E-state index >= 15 is 0 Å². The highest BCUT2D eigenvalue weighted by Crippen LogP contribution is 2.20. The lowest BCUT2D eigenvalue weighted by Crippen LogP contribution is -2.10. The number of aromatic nitrogens is 5. The Bertz CT molecular complexity index is 1110. The predicted octanol–water partition coefficient (Wildman–Crippen LogP) is 3.86. The lowest BCUT2D eigenvalue weighted by molar-refractivity contribution is 0.0471. The molecule has 4 aromatic rings. The minimum atomic E-state index is -0.389. The molecule has 0 radical (unpaired) electrons. The summed E-state index contributed by atoms with van der Waals surface area (Å²) >= 11 is 0. The van der Waals surface area contributed by atoms with Crippen molar-refractivity contribution >= 4 is 17.0 Å². The molecule has 7 heteroatoms. The van der Waals surface area contributed by atoms with Crippen LogP contribution < -0.4 is 0 Å². The molecule has 142 valence electrons. The summed E-state index contributed by atoms with van der Waals surface area (Å²) < 4.78 is 9.12. The number of carbonyl (C=O) groups excluding carboxylic acids is 1. The van der Waals surface area contributed by atoms with Gasteiger partial charge in [-0.05, 0) is 50.6 Å². The van der Waals surface area contributed by atoms with Gasteiger partial charge in [-0.25, -0.2) is 19.1 Å². The summed E-state index contributed by atoms with van der Waals surface area (Å²) in [5, 5.41) is 9.38. The van der Waals surface area contributed by atoms with Gasteiger partial charge in [-0.1, -0.05) is 12.1 Å². The van der Waals surface area contributed by atoms with Crippen molar-refractivity contribution in [3.63, 3.8) is 0 Å². The first-order valence-corrected chi connectivity index (χ1v) is 9.14. The quantitative estimate of drug-likeness (QED) is 0.495. The predicted molar refractivity (Wildman–Crippen MR) is 105 cm³/mol. The van der Waals surface area contributed by atoms with Gasteiger partial charge in [-0.15, -0.1) is 0 Å². The Morgan fingerprint density at radius 3 is 2.64 bits per heavy atom. The highest BCUT2D eigenvalue weighted by molar-refractivity contribution is 5.94. The van der Waals surface area contributed by atoms with E-state index in [0.717, 1.165) is 22.3 Å². The van der Waals surface area contributed by atoms with Gasteiger partial charge in [0.2, 0.25) is 0 Å². The van der Waals surface area contributed by atoms with E-state index in [2.05, 4.69) is 15.2 Å². The molecule has 0 aliphatic rings. The smallest absolute Gasteiger partial charge is 0.340 e. The van der Waals surface area contributed by atoms with E-state index in [0.29, 0.717) is 11.3 Å². The van der Waals surface area contributed by atoms with Crippen molar-refractivity contribution < 1.29 is 9.53 Å². The minimum absolute atomic E-state index is 0.195. The van der Waals surface area contributed by atoms with Crippen molar-refractivity contribution in [3.8, 4) is 5.69 Å². The lowest BCUT2D eigenvalue weighted by atomic mass is 10.1. The number of ether oxygens (including phenoxy) is 1. The molecule has 0 saturated heterocycles. The topological polar surface area (TPSA) is 74.8 Å². The van der Waals surface area contributed by atoms with E-state index in [1.165, 1.54) is 0 Å². The summed E-state index contributed by atoms with van der Waals surface area (Å²) in [5.74, 6) is -0.389. The first-order chi connectivity index (χ1) is 13.5. The second-order valence-corrected chi connectivity index (χ2v) is 6.91. The molecule has 0 saturated carbocycles. The van der Waals surface area contributed by atoms with Gasteiger partial charge in [0.15, 0.2) is 5.65 Å². The molecule has 0 N–H and O–H groups in total. The fraction of sp³-hybridized carbons (Fsp3) is 0.238. The third kappa shape index (κ3) is 3.38. The number of nitrogens with zero attached hydrogens (tertiary/aromatic N) is 5. The highest BCUT2D eigenvalue weighted by atomic mass is 16.5. The van der Waals surface area contributed by atoms with Crippen LogP contribution >= 0.6 is 0 Å². The maximum atomic E-state index is 12.6. The second kappa shape index (κ2) is 7.26. The van der Waals surface area contributed by atoms with Crippen LogP contribution in [0.4, 0.5) is 0 Å². The molecule has 28 heavy (non-hydrogen) atoms. The van der Waals surface area contributed by atoms with Crippen LogP contribution in [0.1, 0.15) is 41.5 Å². The fourth-order valence-electron chi connectivity index (χ4n) is 3.04. The summed E-state index contributed by atoms with van der Waals surface area (Å²) in [4.78, 5) is 17.1. The van der Waals surface area contributed by atoms with E-state index in [1.807, 2.05) is 62.0 Å². The van der Waals surface area contributed by atoms with Crippen LogP contribution in [0, 0.1) is 6.92 Å². The summed E-state index contributed by atoms with van der Waals surface area (Å²) in [5.41, 5.74) is 3.73. The van der Waals surface area contributed by atoms with Crippen LogP contribution in [0.2, 0.25) is 0 Å². The number of hydrogen-bond donors (Lipinski definition) is 0. The van der Waals surface area contributed by atoms with Crippen molar-refractivity contribution in [1.82, 2.24) is 24.5 Å². The molecule has 1 aromatic carbocycles. The van der Waals surface area contributed by atoms with Crippen LogP contribution in [0.3, 0.4) is 0 Å². The molecule has 0 fully saturated rings. The average Bonchev–Trinajstić information content (AvgIpc) is 3.35. The third-order valence-corrected chi connectivity index (χ3v) is 4.54. The number of aryl methyl sites for hydroxylation is 1. The van der Waals surface area contributed by atoms with Crippen molar-refractivity contribution in [1.29, 1.82) is 0 Å². The third-order valence-electron chi connectivity index (χ3n) is 4.54. The Morgan fingerprint density at radius 2 is 1.96 bits per heavy atom. The molecule has 0 unspecified atom stereocenters. The van der Waals surface area contributed by atoms with Gasteiger partial charge in [0, 0.05) is 23.8 Å². The number of carbonyl (C=O) groups is 1. The van der Waals surface area contributed by atoms with E-state index in [1.54, 1.807) is 23.1 Å². The molecule has 7 nitrogen and oxygen atoms in total. The molecule has 0 bridgehead atoms. The zero-order chi connectivity index (χ0) is 19.7. The molecule has 3 aromatic heterocycles. The zero-order valence-electron chi connectivity index (χ0n) is 16.0. The highest BCUT2D eigenvalue weighted by Gasteiger charge is 2.16. The van der Waals surface area contributed by atoms with E-state index in [4.69, 9.17) is 4.74 Å². The van der Waals surface area contributed by atoms with Crippen LogP contribution in [0.15, 0.2) is 55.0 Å². The summed E-state index contributed by atoms with van der Waals surface area (Å²) in [6.45, 7) is 6.10. The van der Waals surface area contributed by atoms with Crippen molar-refractivity contribution in [2.75, 3.05) is 0 Å². The van der Waals surface area contributed by atoms with Crippen LogP contribution in [-0.4, -0.2) is 30.5 Å². The summed E-state index contributed by atoms with van der Waals surface area (Å²) in [7, 11) is 0. The molecule has 3 heterocycles. The maximum Gasteiger partial charge on any atom is 0.340 e. The molecule has 0 atom stereocenters. The number of rotatable bonds is 5. The SMILES string of the molecule is Cc1nc2c(cnn2C(C)C)cc1C(=O)OCc1ccc(-n2cccn2)cc1. The minimum Gasteiger partial charge on any atom is -0.457 e. The number of benzene rings is 1. The Labute approximate surface area is 162 Å². The van der Waals surface area contributed by atoms with Gasteiger partial charge in [-0.2, -0.15) is 10.2 Å². The standard InChI is InChI=1S/C21H21N5O2/c1-14(2)26-20-17(12-23-26)11-19(15(3)24-20)21(27)28-13-16-5-7-18(8-6-16)25-10-4-9-22-25/h4-12,14H,13H2,1-3H3. The van der Waals surface area contributed by atoms with Crippen LogP contribution in [-0.2, 0) is 11.3 Å². The summed E-state index contributed by atoms with van der Waals surface area (Å²) in [6, 6.07) is 11.6. The molecular weight excluding hydrogens is 354 g/mol. The Morgan fingerprint density at radius 1 is 1.18 bits per heavy atom. The van der Waals surface area contributed by atoms with Gasteiger partial charge in [0.1, 0.15) is 6.61 Å². The van der Waals surface area contributed by atoms with Crippen LogP contribution in [0.25, 0.3) is 16.7 Å². The van der Waals surface area contributed by atoms with E-state index in [9.17, 15) is 4.79 Å². The second-order valence-electron chi connectivity index (χ2n) is 6.91. The van der Waals surface area contributed by atoms with E-state index < -0.39 is 0 Å². The van der Waals surface area contributed by atoms with Crippen molar-refractivity contribution in [3.05, 3.63) is 71.8 Å². The normalized spacial score (nSPS) is 11.3. The number of pyridine rings is 1. The largest absolute Gasteiger partial charge is 0.457 e. The Hall–Kier alpha value is -3.48. The van der Waals surface area contributed by atoms with Crippen molar-refractivity contribution in [2.45, 2.75) is 33.4 Å². The van der Waals surface area contributed by atoms with Gasteiger partial charge < -0.3 is 4.74 Å². The van der Waals surface area contributed by atoms with Crippen LogP contribution in [0.5, 0.6) is 0 Å². The molecule has 0 spiro atoms. The first kappa shape index (κ1) is 17.9. The molecule has 0 amide bonds. The number of esters is 1. The van der Waals surface area contributed by atoms with Gasteiger partial charge in [-0.3, -0.25) is 0 Å². The fourth-order valence-corrected chi connectivity index (χ4v) is 3.04. The van der Waals surface area contributed by atoms with Gasteiger partial charge >= 0.3 is 5.97 Å². The lowest BCUT2D eigenvalue weighted by Gasteiger charge is -2.10. The number of hydrogen-bond acceptors (Lipinski definition) is 5. The number of fused-ring (bicyclic) bond motifs is 1. The molecular formula is C21H21N5O2. The monoisotopic (exact) mass is 375 g/mol. The Kier molecular flexibility index (Phi) is 4.65. The van der Waals surface area contributed by atoms with Crippen molar-refractivity contribution in [2.24, 2.45) is 0 Å². The Balaban J connectivity index is 1.48. The van der Waals surface area contributed by atoms with Gasteiger partial charge in [0.05, 0.1) is 23.1 Å². The maximum absolute atomic E-state index is 12.6. The van der Waals surface area contributed by atoms with Gasteiger partial charge in [0.25, 0.3) is 0 Å². The zero-order valence-corrected chi connectivity index (χ0v) is 16.0.